The monoisotopic (exact) mass is 418 g/mol. The van der Waals surface area contributed by atoms with Crippen LogP contribution in [-0.4, -0.2) is 52.2 Å². The second-order valence-corrected chi connectivity index (χ2v) is 6.60. The fourth-order valence-electron chi connectivity index (χ4n) is 3.02. The highest BCUT2D eigenvalue weighted by molar-refractivity contribution is 5.89. The maximum absolute atomic E-state index is 12.6. The lowest BCUT2D eigenvalue weighted by Gasteiger charge is -2.35. The second-order valence-electron chi connectivity index (χ2n) is 6.60. The molecule has 3 heterocycles. The van der Waals surface area contributed by atoms with Crippen LogP contribution in [-0.2, 0) is 6.18 Å². The zero-order chi connectivity index (χ0) is 21.1. The number of anilines is 2. The highest BCUT2D eigenvalue weighted by Crippen LogP contribution is 2.29. The van der Waals surface area contributed by atoms with Gasteiger partial charge in [0, 0.05) is 43.6 Å². The van der Waals surface area contributed by atoms with E-state index in [0.717, 1.165) is 5.69 Å². The topological polar surface area (TPSA) is 87.4 Å². The first kappa shape index (κ1) is 19.7. The Labute approximate surface area is 169 Å². The Morgan fingerprint density at radius 2 is 1.77 bits per heavy atom. The number of hydrogen-bond donors (Lipinski definition) is 1. The third kappa shape index (κ3) is 4.34. The molecule has 0 aliphatic carbocycles. The van der Waals surface area contributed by atoms with Gasteiger partial charge in [0.2, 0.25) is 5.82 Å². The molecular weight excluding hydrogens is 401 g/mol. The zero-order valence-corrected chi connectivity index (χ0v) is 15.6. The van der Waals surface area contributed by atoms with Gasteiger partial charge in [-0.2, -0.15) is 18.2 Å². The first-order valence-corrected chi connectivity index (χ1v) is 9.13. The lowest BCUT2D eigenvalue weighted by atomic mass is 10.2. The van der Waals surface area contributed by atoms with Crippen LogP contribution in [0.25, 0.3) is 11.4 Å². The molecule has 1 saturated heterocycles. The van der Waals surface area contributed by atoms with E-state index in [1.807, 2.05) is 35.2 Å². The molecule has 1 N–H and O–H groups in total. The maximum Gasteiger partial charge on any atom is 0.471 e. The number of halogens is 3. The van der Waals surface area contributed by atoms with Crippen molar-refractivity contribution in [3.8, 4) is 11.4 Å². The Balaban J connectivity index is 1.35. The number of carbonyl (C=O) groups excluding carboxylic acids is 1. The number of alkyl halides is 3. The fraction of sp³-hybridized carbons (Fsp3) is 0.263. The van der Waals surface area contributed by atoms with Crippen molar-refractivity contribution in [2.75, 3.05) is 36.4 Å². The number of amides is 2. The van der Waals surface area contributed by atoms with Gasteiger partial charge in [0.1, 0.15) is 5.82 Å². The zero-order valence-electron chi connectivity index (χ0n) is 15.6. The Bertz CT molecular complexity index is 999. The van der Waals surface area contributed by atoms with Crippen molar-refractivity contribution in [1.29, 1.82) is 0 Å². The Morgan fingerprint density at radius 3 is 2.37 bits per heavy atom. The summed E-state index contributed by atoms with van der Waals surface area (Å²) in [5, 5.41) is 6.20. The first-order valence-electron chi connectivity index (χ1n) is 9.13. The second kappa shape index (κ2) is 8.01. The SMILES string of the molecule is O=C(Nc1ccccc1)N1CCN(c2ccc(-c3noc(C(F)(F)F)n3)cn2)CC1. The molecule has 0 unspecified atom stereocenters. The number of piperazine rings is 1. The molecule has 0 atom stereocenters. The van der Waals surface area contributed by atoms with E-state index >= 15 is 0 Å². The van der Waals surface area contributed by atoms with Gasteiger partial charge in [-0.05, 0) is 24.3 Å². The van der Waals surface area contributed by atoms with E-state index in [1.54, 1.807) is 17.0 Å². The maximum atomic E-state index is 12.6. The minimum Gasteiger partial charge on any atom is -0.353 e. The molecule has 1 fully saturated rings. The van der Waals surface area contributed by atoms with Gasteiger partial charge in [-0.15, -0.1) is 0 Å². The number of nitrogens with one attached hydrogen (secondary N) is 1. The van der Waals surface area contributed by atoms with Crippen LogP contribution in [0, 0.1) is 0 Å². The molecule has 1 aromatic carbocycles. The summed E-state index contributed by atoms with van der Waals surface area (Å²) < 4.78 is 42.0. The number of benzene rings is 1. The van der Waals surface area contributed by atoms with E-state index in [0.29, 0.717) is 37.6 Å². The van der Waals surface area contributed by atoms with E-state index in [1.165, 1.54) is 6.20 Å². The van der Waals surface area contributed by atoms with E-state index in [9.17, 15) is 18.0 Å². The normalized spacial score (nSPS) is 14.6. The van der Waals surface area contributed by atoms with Crippen molar-refractivity contribution in [2.24, 2.45) is 0 Å². The van der Waals surface area contributed by atoms with Gasteiger partial charge in [0.15, 0.2) is 0 Å². The van der Waals surface area contributed by atoms with E-state index < -0.39 is 12.1 Å². The quantitative estimate of drug-likeness (QED) is 0.701. The van der Waals surface area contributed by atoms with E-state index in [2.05, 4.69) is 25.0 Å². The molecule has 2 amide bonds. The fourth-order valence-corrected chi connectivity index (χ4v) is 3.02. The van der Waals surface area contributed by atoms with Crippen molar-refractivity contribution < 1.29 is 22.5 Å². The molecule has 1 aliphatic rings. The lowest BCUT2D eigenvalue weighted by Crippen LogP contribution is -2.50. The van der Waals surface area contributed by atoms with Crippen LogP contribution in [0.2, 0.25) is 0 Å². The molecule has 1 aliphatic heterocycles. The summed E-state index contributed by atoms with van der Waals surface area (Å²) in [7, 11) is 0. The molecule has 156 valence electrons. The Hall–Kier alpha value is -3.63. The first-order chi connectivity index (χ1) is 14.4. The number of carbonyl (C=O) groups is 1. The van der Waals surface area contributed by atoms with Gasteiger partial charge in [0.25, 0.3) is 0 Å². The van der Waals surface area contributed by atoms with Crippen molar-refractivity contribution in [2.45, 2.75) is 6.18 Å². The molecular formula is C19H17F3N6O2. The molecule has 0 spiro atoms. The average Bonchev–Trinajstić information content (AvgIpc) is 3.26. The number of nitrogens with zero attached hydrogens (tertiary/aromatic N) is 5. The van der Waals surface area contributed by atoms with Crippen LogP contribution in [0.1, 0.15) is 5.89 Å². The minimum atomic E-state index is -4.69. The van der Waals surface area contributed by atoms with E-state index in [-0.39, 0.29) is 11.9 Å². The number of hydrogen-bond acceptors (Lipinski definition) is 6. The van der Waals surface area contributed by atoms with E-state index in [4.69, 9.17) is 0 Å². The number of para-hydroxylation sites is 1. The summed E-state index contributed by atoms with van der Waals surface area (Å²) in [6.07, 6.45) is -3.29. The summed E-state index contributed by atoms with van der Waals surface area (Å²) in [6, 6.07) is 12.3. The van der Waals surface area contributed by atoms with Crippen molar-refractivity contribution >= 4 is 17.5 Å². The lowest BCUT2D eigenvalue weighted by molar-refractivity contribution is -0.159. The standard InChI is InChI=1S/C19H17F3N6O2/c20-19(21,22)17-25-16(26-30-17)13-6-7-15(23-12-13)27-8-10-28(11-9-27)18(29)24-14-4-2-1-3-5-14/h1-7,12H,8-11H2,(H,24,29). The van der Waals surface area contributed by atoms with Crippen LogP contribution < -0.4 is 10.2 Å². The summed E-state index contributed by atoms with van der Waals surface area (Å²) in [4.78, 5) is 23.7. The summed E-state index contributed by atoms with van der Waals surface area (Å²) >= 11 is 0. The summed E-state index contributed by atoms with van der Waals surface area (Å²) in [5.74, 6) is -0.920. The highest BCUT2D eigenvalue weighted by Gasteiger charge is 2.38. The third-order valence-electron chi connectivity index (χ3n) is 4.59. The average molecular weight is 418 g/mol. The molecule has 8 nitrogen and oxygen atoms in total. The number of urea groups is 1. The van der Waals surface area contributed by atoms with Gasteiger partial charge in [-0.25, -0.2) is 9.78 Å². The van der Waals surface area contributed by atoms with Crippen LogP contribution in [0.15, 0.2) is 53.2 Å². The number of aromatic nitrogens is 3. The van der Waals surface area contributed by atoms with Gasteiger partial charge in [0.05, 0.1) is 0 Å². The molecule has 2 aromatic heterocycles. The molecule has 0 saturated carbocycles. The molecule has 0 radical (unpaired) electrons. The van der Waals surface area contributed by atoms with Crippen LogP contribution in [0.4, 0.5) is 29.5 Å². The van der Waals surface area contributed by atoms with Gasteiger partial charge in [-0.3, -0.25) is 0 Å². The van der Waals surface area contributed by atoms with Gasteiger partial charge < -0.3 is 19.6 Å². The van der Waals surface area contributed by atoms with Gasteiger partial charge >= 0.3 is 18.1 Å². The molecule has 3 aromatic rings. The molecule has 30 heavy (non-hydrogen) atoms. The third-order valence-corrected chi connectivity index (χ3v) is 4.59. The van der Waals surface area contributed by atoms with Crippen LogP contribution in [0.5, 0.6) is 0 Å². The molecule has 4 rings (SSSR count). The highest BCUT2D eigenvalue weighted by atomic mass is 19.4. The van der Waals surface area contributed by atoms with Crippen LogP contribution in [0.3, 0.4) is 0 Å². The largest absolute Gasteiger partial charge is 0.471 e. The van der Waals surface area contributed by atoms with Crippen molar-refractivity contribution in [1.82, 2.24) is 20.0 Å². The number of rotatable bonds is 3. The summed E-state index contributed by atoms with van der Waals surface area (Å²) in [6.45, 7) is 2.19. The van der Waals surface area contributed by atoms with Crippen LogP contribution >= 0.6 is 0 Å². The molecule has 11 heteroatoms. The Morgan fingerprint density at radius 1 is 1.03 bits per heavy atom. The predicted octanol–water partition coefficient (Wildman–Crippen LogP) is 3.50. The smallest absolute Gasteiger partial charge is 0.353 e. The van der Waals surface area contributed by atoms with Gasteiger partial charge in [-0.1, -0.05) is 23.4 Å². The molecule has 0 bridgehead atoms. The predicted molar refractivity (Wildman–Crippen MR) is 102 cm³/mol. The number of pyridine rings is 1. The summed E-state index contributed by atoms with van der Waals surface area (Å²) in [5.41, 5.74) is 1.05. The van der Waals surface area contributed by atoms with Crippen molar-refractivity contribution in [3.63, 3.8) is 0 Å². The Kier molecular flexibility index (Phi) is 5.25. The minimum absolute atomic E-state index is 0.165. The van der Waals surface area contributed by atoms with Crippen molar-refractivity contribution in [3.05, 3.63) is 54.6 Å².